The number of benzene rings is 1. The lowest BCUT2D eigenvalue weighted by atomic mass is 9.85. The molecule has 1 aromatic carbocycles. The molecule has 1 saturated carbocycles. The number of hydrogen-bond donors (Lipinski definition) is 4. The minimum Gasteiger partial charge on any atom is -0.497 e. The van der Waals surface area contributed by atoms with E-state index in [4.69, 9.17) is 4.74 Å². The lowest BCUT2D eigenvalue weighted by molar-refractivity contribution is -0.154. The third kappa shape index (κ3) is 5.23. The molecule has 1 unspecified atom stereocenters. The van der Waals surface area contributed by atoms with Gasteiger partial charge in [0.15, 0.2) is 0 Å². The molecule has 4 N–H and O–H groups in total. The summed E-state index contributed by atoms with van der Waals surface area (Å²) in [6, 6.07) is 4.85. The summed E-state index contributed by atoms with van der Waals surface area (Å²) in [6.07, 6.45) is 7.75. The van der Waals surface area contributed by atoms with Gasteiger partial charge >= 0.3 is 0 Å². The van der Waals surface area contributed by atoms with Crippen LogP contribution in [0.1, 0.15) is 82.5 Å². The number of fused-ring (bicyclic) bond motifs is 4. The minimum atomic E-state index is -0.496. The van der Waals surface area contributed by atoms with Crippen molar-refractivity contribution in [3.63, 3.8) is 0 Å². The number of methoxy groups -OCH3 is 1. The standard InChI is InChI=1S/C29H42N4O4/c1-17(2)14-24-26-21(20-12-11-19(37-3)15-23(20)31-26)16-25-28(35)32-22(29(36)33(24)25)10-6-7-13-30-27(34)18-8-4-5-9-18/h11-12,15,17-18,22,24-25,27,30-31,34H,4-10,13-14,16H2,1-3H3,(H,32,35)/t22-,24-,25-,27?/m0/s1. The number of carbonyl (C=O) groups is 2. The van der Waals surface area contributed by atoms with Crippen molar-refractivity contribution in [3.05, 3.63) is 29.5 Å². The van der Waals surface area contributed by atoms with E-state index in [1.54, 1.807) is 7.11 Å². The Balaban J connectivity index is 1.29. The molecule has 1 aliphatic carbocycles. The zero-order chi connectivity index (χ0) is 26.1. The largest absolute Gasteiger partial charge is 0.497 e. The summed E-state index contributed by atoms with van der Waals surface area (Å²) in [5, 5.41) is 17.7. The Bertz CT molecular complexity index is 1120. The van der Waals surface area contributed by atoms with Gasteiger partial charge in [-0.05, 0) is 74.6 Å². The predicted molar refractivity (Wildman–Crippen MR) is 143 cm³/mol. The monoisotopic (exact) mass is 510 g/mol. The van der Waals surface area contributed by atoms with Crippen LogP contribution in [0.2, 0.25) is 0 Å². The van der Waals surface area contributed by atoms with Crippen LogP contribution in [0, 0.1) is 11.8 Å². The quantitative estimate of drug-likeness (QED) is 0.288. The summed E-state index contributed by atoms with van der Waals surface area (Å²) in [4.78, 5) is 32.6. The van der Waals surface area contributed by atoms with Crippen LogP contribution in [0.25, 0.3) is 10.9 Å². The molecule has 2 aliphatic heterocycles. The maximum absolute atomic E-state index is 13.8. The van der Waals surface area contributed by atoms with Crippen molar-refractivity contribution in [2.24, 2.45) is 11.8 Å². The van der Waals surface area contributed by atoms with Gasteiger partial charge in [0.25, 0.3) is 0 Å². The fraction of sp³-hybridized carbons (Fsp3) is 0.655. The summed E-state index contributed by atoms with van der Waals surface area (Å²) in [5.74, 6) is 1.48. The Labute approximate surface area is 219 Å². The van der Waals surface area contributed by atoms with Crippen molar-refractivity contribution < 1.29 is 19.4 Å². The maximum atomic E-state index is 13.8. The summed E-state index contributed by atoms with van der Waals surface area (Å²) in [6.45, 7) is 5.04. The number of hydrogen-bond acceptors (Lipinski definition) is 5. The van der Waals surface area contributed by atoms with Crippen LogP contribution < -0.4 is 15.4 Å². The molecule has 2 fully saturated rings. The zero-order valence-electron chi connectivity index (χ0n) is 22.4. The second-order valence-corrected chi connectivity index (χ2v) is 11.5. The van der Waals surface area contributed by atoms with Crippen LogP contribution in [0.4, 0.5) is 0 Å². The number of piperazine rings is 1. The molecule has 0 spiro atoms. The Kier molecular flexibility index (Phi) is 7.77. The summed E-state index contributed by atoms with van der Waals surface area (Å²) < 4.78 is 5.42. The summed E-state index contributed by atoms with van der Waals surface area (Å²) in [5.41, 5.74) is 3.17. The van der Waals surface area contributed by atoms with Crippen molar-refractivity contribution in [2.75, 3.05) is 13.7 Å². The van der Waals surface area contributed by atoms with Crippen LogP contribution in [-0.4, -0.2) is 58.8 Å². The SMILES string of the molecule is COc1ccc2c3c([nH]c2c1)[C@H](CC(C)C)N1C(=O)[C@H](CCCCNC(O)C2CCCC2)NC(=O)[C@@H]1C3. The fourth-order valence-corrected chi connectivity index (χ4v) is 6.61. The Morgan fingerprint density at radius 3 is 2.70 bits per heavy atom. The lowest BCUT2D eigenvalue weighted by Crippen LogP contribution is -2.65. The molecule has 8 nitrogen and oxygen atoms in total. The fourth-order valence-electron chi connectivity index (χ4n) is 6.61. The zero-order valence-corrected chi connectivity index (χ0v) is 22.4. The molecule has 1 saturated heterocycles. The van der Waals surface area contributed by atoms with Crippen molar-refractivity contribution in [2.45, 2.75) is 96.0 Å². The molecule has 202 valence electrons. The van der Waals surface area contributed by atoms with E-state index in [1.807, 2.05) is 17.0 Å². The molecule has 37 heavy (non-hydrogen) atoms. The first-order valence-electron chi connectivity index (χ1n) is 14.1. The smallest absolute Gasteiger partial charge is 0.246 e. The first-order valence-corrected chi connectivity index (χ1v) is 14.1. The van der Waals surface area contributed by atoms with E-state index >= 15 is 0 Å². The second kappa shape index (κ2) is 11.0. The van der Waals surface area contributed by atoms with E-state index < -0.39 is 18.3 Å². The number of H-pyrrole nitrogens is 1. The summed E-state index contributed by atoms with van der Waals surface area (Å²) >= 11 is 0. The highest BCUT2D eigenvalue weighted by molar-refractivity contribution is 5.99. The van der Waals surface area contributed by atoms with Gasteiger partial charge < -0.3 is 25.0 Å². The molecule has 8 heteroatoms. The van der Waals surface area contributed by atoms with E-state index in [-0.39, 0.29) is 17.9 Å². The second-order valence-electron chi connectivity index (χ2n) is 11.5. The van der Waals surface area contributed by atoms with E-state index in [2.05, 4.69) is 35.5 Å². The number of aliphatic hydroxyl groups is 1. The number of nitrogens with one attached hydrogen (secondary N) is 3. The van der Waals surface area contributed by atoms with Gasteiger partial charge in [-0.15, -0.1) is 0 Å². The predicted octanol–water partition coefficient (Wildman–Crippen LogP) is 3.78. The van der Waals surface area contributed by atoms with Gasteiger partial charge in [0, 0.05) is 29.1 Å². The first-order chi connectivity index (χ1) is 17.9. The maximum Gasteiger partial charge on any atom is 0.246 e. The Morgan fingerprint density at radius 2 is 1.97 bits per heavy atom. The van der Waals surface area contributed by atoms with Gasteiger partial charge in [-0.2, -0.15) is 0 Å². The Morgan fingerprint density at radius 1 is 1.19 bits per heavy atom. The average Bonchev–Trinajstić information content (AvgIpc) is 3.54. The van der Waals surface area contributed by atoms with E-state index in [0.29, 0.717) is 24.7 Å². The number of rotatable bonds is 10. The number of unbranched alkanes of at least 4 members (excludes halogenated alkanes) is 1. The van der Waals surface area contributed by atoms with E-state index in [0.717, 1.165) is 66.6 Å². The van der Waals surface area contributed by atoms with Gasteiger partial charge in [-0.3, -0.25) is 14.9 Å². The van der Waals surface area contributed by atoms with Gasteiger partial charge in [0.1, 0.15) is 24.1 Å². The molecular weight excluding hydrogens is 468 g/mol. The molecule has 4 atom stereocenters. The van der Waals surface area contributed by atoms with Gasteiger partial charge in [-0.25, -0.2) is 0 Å². The Hall–Kier alpha value is -2.58. The number of ether oxygens (including phenoxy) is 1. The number of aromatic amines is 1. The van der Waals surface area contributed by atoms with Crippen LogP contribution >= 0.6 is 0 Å². The van der Waals surface area contributed by atoms with E-state index in [9.17, 15) is 14.7 Å². The third-order valence-electron chi connectivity index (χ3n) is 8.53. The molecule has 2 aromatic rings. The number of nitrogens with zero attached hydrogens (tertiary/aromatic N) is 1. The average molecular weight is 511 g/mol. The molecule has 1 aromatic heterocycles. The highest BCUT2D eigenvalue weighted by Crippen LogP contribution is 2.42. The minimum absolute atomic E-state index is 0.0242. The van der Waals surface area contributed by atoms with E-state index in [1.165, 1.54) is 12.8 Å². The van der Waals surface area contributed by atoms with Crippen LogP contribution in [-0.2, 0) is 16.0 Å². The number of carbonyl (C=O) groups excluding carboxylic acids is 2. The summed E-state index contributed by atoms with van der Waals surface area (Å²) in [7, 11) is 1.66. The number of amides is 2. The number of aliphatic hydroxyl groups excluding tert-OH is 1. The van der Waals surface area contributed by atoms with Crippen molar-refractivity contribution in [1.29, 1.82) is 0 Å². The molecule has 5 rings (SSSR count). The highest BCUT2D eigenvalue weighted by atomic mass is 16.5. The van der Waals surface area contributed by atoms with Gasteiger partial charge in [-0.1, -0.05) is 26.7 Å². The van der Waals surface area contributed by atoms with Crippen molar-refractivity contribution in [3.8, 4) is 5.75 Å². The van der Waals surface area contributed by atoms with Gasteiger partial charge in [0.05, 0.1) is 13.2 Å². The van der Waals surface area contributed by atoms with Crippen LogP contribution in [0.15, 0.2) is 18.2 Å². The molecule has 2 amide bonds. The third-order valence-corrected chi connectivity index (χ3v) is 8.53. The van der Waals surface area contributed by atoms with Crippen LogP contribution in [0.3, 0.4) is 0 Å². The molecular formula is C29H42N4O4. The number of aromatic nitrogens is 1. The molecule has 0 bridgehead atoms. The van der Waals surface area contributed by atoms with Crippen LogP contribution in [0.5, 0.6) is 5.75 Å². The molecule has 3 aliphatic rings. The highest BCUT2D eigenvalue weighted by Gasteiger charge is 2.48. The van der Waals surface area contributed by atoms with Crippen molar-refractivity contribution in [1.82, 2.24) is 20.5 Å². The van der Waals surface area contributed by atoms with Gasteiger partial charge in [0.2, 0.25) is 11.8 Å². The molecule has 0 radical (unpaired) electrons. The lowest BCUT2D eigenvalue weighted by Gasteiger charge is -2.47. The molecule has 3 heterocycles. The normalized spacial score (nSPS) is 24.9. The topological polar surface area (TPSA) is 107 Å². The van der Waals surface area contributed by atoms with Crippen molar-refractivity contribution >= 4 is 22.7 Å². The first kappa shape index (κ1) is 26.0.